The lowest BCUT2D eigenvalue weighted by Gasteiger charge is -2.24. The fourth-order valence-corrected chi connectivity index (χ4v) is 4.57. The van der Waals surface area contributed by atoms with E-state index in [1.807, 2.05) is 19.6 Å². The Morgan fingerprint density at radius 2 is 1.82 bits per heavy atom. The van der Waals surface area contributed by atoms with Gasteiger partial charge in [-0.1, -0.05) is 32.8 Å². The van der Waals surface area contributed by atoms with Gasteiger partial charge < -0.3 is 4.52 Å². The predicted molar refractivity (Wildman–Crippen MR) is 52.4 cm³/mol. The molecule has 0 aromatic rings. The Labute approximate surface area is 69.3 Å². The topological polar surface area (TPSA) is 26.3 Å². The molecule has 0 rings (SSSR count). The first kappa shape index (κ1) is 10.7. The second-order valence-electron chi connectivity index (χ2n) is 3.22. The van der Waals surface area contributed by atoms with E-state index in [0.29, 0.717) is 0 Å². The zero-order valence-electron chi connectivity index (χ0n) is 7.33. The Hall–Kier alpha value is -0.273. The van der Waals surface area contributed by atoms with E-state index in [4.69, 9.17) is 4.52 Å². The molecule has 4 heteroatoms. The lowest BCUT2D eigenvalue weighted by atomic mass is 11.2. The zero-order valence-corrected chi connectivity index (χ0v) is 9.23. The van der Waals surface area contributed by atoms with Gasteiger partial charge in [-0.2, -0.15) is 0 Å². The Balaban J connectivity index is 4.75. The van der Waals surface area contributed by atoms with Crippen LogP contribution >= 0.6 is 6.92 Å². The molecule has 1 atom stereocenters. The lowest BCUT2D eigenvalue weighted by Crippen LogP contribution is -2.20. The van der Waals surface area contributed by atoms with Gasteiger partial charge in [0.15, 0.2) is 7.74 Å². The van der Waals surface area contributed by atoms with E-state index < -0.39 is 14.7 Å². The van der Waals surface area contributed by atoms with Crippen molar-refractivity contribution in [1.82, 2.24) is 0 Å². The molecule has 0 bridgehead atoms. The lowest BCUT2D eigenvalue weighted by molar-refractivity contribution is 0.464. The van der Waals surface area contributed by atoms with Crippen LogP contribution in [0.5, 0.6) is 0 Å². The average molecular weight is 190 g/mol. The molecule has 0 amide bonds. The van der Waals surface area contributed by atoms with Crippen LogP contribution in [0.2, 0.25) is 19.6 Å². The van der Waals surface area contributed by atoms with Gasteiger partial charge in [-0.15, -0.1) is 0 Å². The Morgan fingerprint density at radius 1 is 1.36 bits per heavy atom. The highest BCUT2D eigenvalue weighted by molar-refractivity contribution is 7.98. The quantitative estimate of drug-likeness (QED) is 0.386. The number of hydrogen-bond acceptors (Lipinski definition) is 2. The second kappa shape index (κ2) is 3.42. The largest absolute Gasteiger partial charge is 0.452 e. The summed E-state index contributed by atoms with van der Waals surface area (Å²) in [6, 6.07) is 0. The first-order valence-corrected chi connectivity index (χ1v) is 9.43. The molecule has 0 aliphatic rings. The third-order valence-electron chi connectivity index (χ3n) is 1.41. The Morgan fingerprint density at radius 3 is 1.91 bits per heavy atom. The van der Waals surface area contributed by atoms with Crippen LogP contribution in [0.3, 0.4) is 0 Å². The summed E-state index contributed by atoms with van der Waals surface area (Å²) in [4.78, 5) is 0. The van der Waals surface area contributed by atoms with Crippen molar-refractivity contribution in [1.29, 1.82) is 0 Å². The molecule has 64 valence electrons. The van der Waals surface area contributed by atoms with Crippen LogP contribution in [-0.4, -0.2) is 7.74 Å². The first-order chi connectivity index (χ1) is 4.87. The summed E-state index contributed by atoms with van der Waals surface area (Å²) in [6.07, 6.45) is 1.24. The first-order valence-electron chi connectivity index (χ1n) is 3.40. The van der Waals surface area contributed by atoms with Crippen LogP contribution < -0.4 is 0 Å². The molecule has 0 aromatic heterocycles. The van der Waals surface area contributed by atoms with Crippen molar-refractivity contribution in [2.24, 2.45) is 0 Å². The highest BCUT2D eigenvalue weighted by Gasteiger charge is 2.37. The molecule has 0 aromatic carbocycles. The molecule has 0 aliphatic heterocycles. The molecule has 0 N–H and O–H groups in total. The van der Waals surface area contributed by atoms with Gasteiger partial charge in [-0.3, -0.25) is 4.57 Å². The molecular weight excluding hydrogens is 175 g/mol. The van der Waals surface area contributed by atoms with Gasteiger partial charge in [-0.05, 0) is 5.82 Å². The fourth-order valence-electron chi connectivity index (χ4n) is 0.586. The minimum Gasteiger partial charge on any atom is -0.452 e. The number of hydrogen-bond donors (Lipinski definition) is 0. The summed E-state index contributed by atoms with van der Waals surface area (Å²) in [5.41, 5.74) is 0. The van der Waals surface area contributed by atoms with Gasteiger partial charge in [0.25, 0.3) is 0 Å². The van der Waals surface area contributed by atoms with E-state index in [1.54, 1.807) is 0 Å². The minimum absolute atomic E-state index is 1.24. The molecule has 0 aliphatic carbocycles. The average Bonchev–Trinajstić information content (AvgIpc) is 1.86. The molecule has 0 spiro atoms. The minimum atomic E-state index is -2.60. The smallest absolute Gasteiger partial charge is 0.239 e. The summed E-state index contributed by atoms with van der Waals surface area (Å²) in [5.74, 6) is 1.43. The van der Waals surface area contributed by atoms with Crippen molar-refractivity contribution in [3.8, 4) is 0 Å². The van der Waals surface area contributed by atoms with Crippen LogP contribution in [0.4, 0.5) is 0 Å². The van der Waals surface area contributed by atoms with Crippen molar-refractivity contribution in [2.75, 3.05) is 0 Å². The maximum atomic E-state index is 11.9. The van der Waals surface area contributed by atoms with E-state index in [9.17, 15) is 4.57 Å². The summed E-state index contributed by atoms with van der Waals surface area (Å²) >= 11 is 0. The molecule has 0 fully saturated rings. The van der Waals surface area contributed by atoms with Crippen molar-refractivity contribution in [2.45, 2.75) is 19.6 Å². The van der Waals surface area contributed by atoms with Crippen LogP contribution in [0.1, 0.15) is 0 Å². The van der Waals surface area contributed by atoms with Gasteiger partial charge >= 0.3 is 0 Å². The maximum absolute atomic E-state index is 11.9. The molecule has 11 heavy (non-hydrogen) atoms. The summed E-state index contributed by atoms with van der Waals surface area (Å²) in [7, 11) is -1.79. The highest BCUT2D eigenvalue weighted by atomic mass is 31.4. The predicted octanol–water partition coefficient (Wildman–Crippen LogP) is 3.40. The van der Waals surface area contributed by atoms with Gasteiger partial charge in [0, 0.05) is 0 Å². The van der Waals surface area contributed by atoms with Gasteiger partial charge in [0.2, 0.25) is 6.92 Å². The monoisotopic (exact) mass is 190 g/mol. The number of rotatable bonds is 4. The van der Waals surface area contributed by atoms with E-state index in [2.05, 4.69) is 13.2 Å². The zero-order chi connectivity index (χ0) is 9.12. The maximum Gasteiger partial charge on any atom is 0.239 e. The van der Waals surface area contributed by atoms with Crippen LogP contribution in [0.15, 0.2) is 25.2 Å². The third-order valence-corrected chi connectivity index (χ3v) is 10.7. The van der Waals surface area contributed by atoms with Crippen molar-refractivity contribution in [3.63, 3.8) is 0 Å². The molecule has 0 heterocycles. The van der Waals surface area contributed by atoms with E-state index in [1.165, 1.54) is 12.1 Å². The highest BCUT2D eigenvalue weighted by Crippen LogP contribution is 2.57. The second-order valence-corrected chi connectivity index (χ2v) is 15.2. The molecular formula is C7H15O2PSi. The summed E-state index contributed by atoms with van der Waals surface area (Å²) in [6.45, 7) is 10.3. The Bertz CT molecular complexity index is 205. The normalized spacial score (nSPS) is 16.6. The van der Waals surface area contributed by atoms with Gasteiger partial charge in [-0.25, -0.2) is 0 Å². The van der Waals surface area contributed by atoms with Crippen molar-refractivity contribution in [3.05, 3.63) is 25.2 Å². The summed E-state index contributed by atoms with van der Waals surface area (Å²) in [5, 5.41) is 0. The van der Waals surface area contributed by atoms with Crippen LogP contribution in [-0.2, 0) is 9.09 Å². The SMILES string of the molecule is C=COP(=O)(C=C)[Si](C)(C)C. The van der Waals surface area contributed by atoms with Gasteiger partial charge in [0.1, 0.15) is 0 Å². The van der Waals surface area contributed by atoms with Crippen LogP contribution in [0.25, 0.3) is 0 Å². The van der Waals surface area contributed by atoms with E-state index in [0.717, 1.165) is 0 Å². The summed E-state index contributed by atoms with van der Waals surface area (Å²) < 4.78 is 16.9. The van der Waals surface area contributed by atoms with E-state index in [-0.39, 0.29) is 0 Å². The molecule has 0 radical (unpaired) electrons. The van der Waals surface area contributed by atoms with Crippen molar-refractivity contribution >= 4 is 14.7 Å². The fraction of sp³-hybridized carbons (Fsp3) is 0.429. The molecule has 1 unspecified atom stereocenters. The Kier molecular flexibility index (Phi) is 3.33. The van der Waals surface area contributed by atoms with Crippen molar-refractivity contribution < 1.29 is 9.09 Å². The van der Waals surface area contributed by atoms with Crippen LogP contribution in [0, 0.1) is 0 Å². The molecule has 0 saturated carbocycles. The van der Waals surface area contributed by atoms with Gasteiger partial charge in [0.05, 0.1) is 6.26 Å². The molecule has 0 saturated heterocycles. The third kappa shape index (κ3) is 2.35. The standard InChI is InChI=1S/C7H15O2PSi/c1-6-9-10(8,7-2)11(3,4)5/h6-7H,1-2H2,3-5H3. The van der Waals surface area contributed by atoms with E-state index >= 15 is 0 Å². The molecule has 2 nitrogen and oxygen atoms in total.